The number of aromatic nitrogens is 1. The van der Waals surface area contributed by atoms with Gasteiger partial charge in [-0.15, -0.1) is 0 Å². The van der Waals surface area contributed by atoms with Gasteiger partial charge in [0.15, 0.2) is 18.1 Å². The zero-order valence-corrected chi connectivity index (χ0v) is 7.75. The third kappa shape index (κ3) is 1.97. The molecule has 1 atom stereocenters. The molecule has 5 heteroatoms. The van der Waals surface area contributed by atoms with Gasteiger partial charge in [0, 0.05) is 6.42 Å². The summed E-state index contributed by atoms with van der Waals surface area (Å²) in [6.07, 6.45) is -0.000935. The molecule has 78 valence electrons. The number of carboxylic acids is 1. The Labute approximate surface area is 85.0 Å². The van der Waals surface area contributed by atoms with E-state index in [2.05, 4.69) is 4.98 Å². The van der Waals surface area contributed by atoms with Gasteiger partial charge in [-0.3, -0.25) is 0 Å². The highest BCUT2D eigenvalue weighted by molar-refractivity contribution is 5.74. The number of benzene rings is 1. The highest BCUT2D eigenvalue weighted by Gasteiger charge is 2.14. The molecule has 5 nitrogen and oxygen atoms in total. The minimum absolute atomic E-state index is 0.0615. The number of aliphatic hydroxyl groups is 1. The van der Waals surface area contributed by atoms with Gasteiger partial charge in [-0.25, -0.2) is 9.78 Å². The number of hydrogen-bond donors (Lipinski definition) is 2. The SMILES string of the molecule is O=C(O)C(O)Cc1ccc2ncoc2c1. The fourth-order valence-electron chi connectivity index (χ4n) is 1.34. The predicted octanol–water partition coefficient (Wildman–Crippen LogP) is 0.816. The first kappa shape index (κ1) is 9.67. The van der Waals surface area contributed by atoms with Crippen molar-refractivity contribution in [3.05, 3.63) is 30.2 Å². The lowest BCUT2D eigenvalue weighted by atomic mass is 10.1. The van der Waals surface area contributed by atoms with Gasteiger partial charge >= 0.3 is 5.97 Å². The Kier molecular flexibility index (Phi) is 2.39. The number of carboxylic acid groups (broad SMARTS) is 1. The molecular formula is C10H9NO4. The second kappa shape index (κ2) is 3.70. The minimum Gasteiger partial charge on any atom is -0.479 e. The molecule has 0 saturated heterocycles. The van der Waals surface area contributed by atoms with Crippen molar-refractivity contribution in [1.29, 1.82) is 0 Å². The van der Waals surface area contributed by atoms with Crippen LogP contribution in [0.25, 0.3) is 11.1 Å². The van der Waals surface area contributed by atoms with Crippen LogP contribution in [0.5, 0.6) is 0 Å². The average molecular weight is 207 g/mol. The van der Waals surface area contributed by atoms with Crippen molar-refractivity contribution in [2.75, 3.05) is 0 Å². The van der Waals surface area contributed by atoms with Gasteiger partial charge in [0.25, 0.3) is 0 Å². The number of hydrogen-bond acceptors (Lipinski definition) is 4. The molecule has 0 saturated carbocycles. The number of aliphatic hydroxyl groups excluding tert-OH is 1. The maximum atomic E-state index is 10.4. The molecule has 0 aliphatic heterocycles. The Hall–Kier alpha value is -1.88. The number of rotatable bonds is 3. The van der Waals surface area contributed by atoms with Crippen LogP contribution >= 0.6 is 0 Å². The third-order valence-corrected chi connectivity index (χ3v) is 2.11. The Balaban J connectivity index is 2.24. The fraction of sp³-hybridized carbons (Fsp3) is 0.200. The quantitative estimate of drug-likeness (QED) is 0.778. The molecule has 0 fully saturated rings. The normalized spacial score (nSPS) is 12.9. The van der Waals surface area contributed by atoms with E-state index in [0.29, 0.717) is 16.7 Å². The molecule has 0 spiro atoms. The molecule has 15 heavy (non-hydrogen) atoms. The summed E-state index contributed by atoms with van der Waals surface area (Å²) in [7, 11) is 0. The van der Waals surface area contributed by atoms with Gasteiger partial charge in [-0.1, -0.05) is 6.07 Å². The third-order valence-electron chi connectivity index (χ3n) is 2.11. The fourth-order valence-corrected chi connectivity index (χ4v) is 1.34. The summed E-state index contributed by atoms with van der Waals surface area (Å²) in [5, 5.41) is 17.7. The van der Waals surface area contributed by atoms with Crippen LogP contribution in [0.4, 0.5) is 0 Å². The molecule has 1 aromatic carbocycles. The van der Waals surface area contributed by atoms with Crippen LogP contribution in [0.15, 0.2) is 29.0 Å². The zero-order valence-electron chi connectivity index (χ0n) is 7.75. The standard InChI is InChI=1S/C10H9NO4/c12-8(10(13)14)3-6-1-2-7-9(4-6)15-5-11-7/h1-2,4-5,8,12H,3H2,(H,13,14). The maximum Gasteiger partial charge on any atom is 0.332 e. The molecule has 0 aliphatic carbocycles. The van der Waals surface area contributed by atoms with E-state index in [4.69, 9.17) is 14.6 Å². The zero-order chi connectivity index (χ0) is 10.8. The number of fused-ring (bicyclic) bond motifs is 1. The summed E-state index contributed by atoms with van der Waals surface area (Å²) < 4.78 is 5.06. The highest BCUT2D eigenvalue weighted by atomic mass is 16.4. The van der Waals surface area contributed by atoms with E-state index in [1.807, 2.05) is 0 Å². The average Bonchev–Trinajstić information content (AvgIpc) is 2.64. The minimum atomic E-state index is -1.38. The van der Waals surface area contributed by atoms with Crippen molar-refractivity contribution >= 4 is 17.1 Å². The summed E-state index contributed by atoms with van der Waals surface area (Å²) in [6.45, 7) is 0. The van der Waals surface area contributed by atoms with E-state index in [0.717, 1.165) is 0 Å². The number of nitrogens with zero attached hydrogens (tertiary/aromatic N) is 1. The van der Waals surface area contributed by atoms with Gasteiger partial charge in [0.1, 0.15) is 5.52 Å². The first-order chi connectivity index (χ1) is 7.16. The largest absolute Gasteiger partial charge is 0.479 e. The number of carbonyl (C=O) groups is 1. The molecule has 0 aliphatic rings. The lowest BCUT2D eigenvalue weighted by Gasteiger charge is -2.04. The van der Waals surface area contributed by atoms with Crippen molar-refractivity contribution in [2.45, 2.75) is 12.5 Å². The van der Waals surface area contributed by atoms with Gasteiger partial charge in [-0.2, -0.15) is 0 Å². The molecule has 1 aromatic heterocycles. The summed E-state index contributed by atoms with van der Waals surface area (Å²) in [4.78, 5) is 14.4. The van der Waals surface area contributed by atoms with E-state index in [9.17, 15) is 4.79 Å². The van der Waals surface area contributed by atoms with E-state index in [1.165, 1.54) is 6.39 Å². The van der Waals surface area contributed by atoms with Gasteiger partial charge in [0.05, 0.1) is 0 Å². The van der Waals surface area contributed by atoms with Crippen LogP contribution in [0.1, 0.15) is 5.56 Å². The Bertz CT molecular complexity index is 491. The van der Waals surface area contributed by atoms with Crippen LogP contribution < -0.4 is 0 Å². The number of aliphatic carboxylic acids is 1. The molecule has 0 bridgehead atoms. The second-order valence-electron chi connectivity index (χ2n) is 3.21. The molecule has 1 unspecified atom stereocenters. The molecule has 1 heterocycles. The molecule has 2 rings (SSSR count). The van der Waals surface area contributed by atoms with E-state index < -0.39 is 12.1 Å². The van der Waals surface area contributed by atoms with Crippen molar-refractivity contribution in [3.63, 3.8) is 0 Å². The van der Waals surface area contributed by atoms with Crippen molar-refractivity contribution < 1.29 is 19.4 Å². The topological polar surface area (TPSA) is 83.6 Å². The lowest BCUT2D eigenvalue weighted by molar-refractivity contribution is -0.146. The van der Waals surface area contributed by atoms with Crippen LogP contribution in [0.2, 0.25) is 0 Å². The first-order valence-electron chi connectivity index (χ1n) is 4.40. The van der Waals surface area contributed by atoms with Crippen molar-refractivity contribution in [3.8, 4) is 0 Å². The number of oxazole rings is 1. The molecule has 0 radical (unpaired) electrons. The van der Waals surface area contributed by atoms with Crippen LogP contribution in [0, 0.1) is 0 Å². The lowest BCUT2D eigenvalue weighted by Crippen LogP contribution is -2.21. The van der Waals surface area contributed by atoms with E-state index >= 15 is 0 Å². The van der Waals surface area contributed by atoms with Crippen molar-refractivity contribution in [1.82, 2.24) is 4.98 Å². The van der Waals surface area contributed by atoms with Gasteiger partial charge < -0.3 is 14.6 Å². The van der Waals surface area contributed by atoms with E-state index in [1.54, 1.807) is 18.2 Å². The highest BCUT2D eigenvalue weighted by Crippen LogP contribution is 2.15. The predicted molar refractivity (Wildman–Crippen MR) is 51.4 cm³/mol. The van der Waals surface area contributed by atoms with Crippen LogP contribution in [-0.2, 0) is 11.2 Å². The van der Waals surface area contributed by atoms with Gasteiger partial charge in [-0.05, 0) is 17.7 Å². The smallest absolute Gasteiger partial charge is 0.332 e. The van der Waals surface area contributed by atoms with E-state index in [-0.39, 0.29) is 6.42 Å². The first-order valence-corrected chi connectivity index (χ1v) is 4.40. The Morgan fingerprint density at radius 1 is 1.53 bits per heavy atom. The Morgan fingerprint density at radius 2 is 2.33 bits per heavy atom. The van der Waals surface area contributed by atoms with Crippen LogP contribution in [0.3, 0.4) is 0 Å². The molecular weight excluding hydrogens is 198 g/mol. The molecule has 2 N–H and O–H groups in total. The second-order valence-corrected chi connectivity index (χ2v) is 3.21. The van der Waals surface area contributed by atoms with Crippen LogP contribution in [-0.4, -0.2) is 27.3 Å². The molecule has 0 amide bonds. The monoisotopic (exact) mass is 207 g/mol. The summed E-state index contributed by atoms with van der Waals surface area (Å²) in [5.74, 6) is -1.23. The summed E-state index contributed by atoms with van der Waals surface area (Å²) in [5.41, 5.74) is 2.00. The Morgan fingerprint density at radius 3 is 3.07 bits per heavy atom. The maximum absolute atomic E-state index is 10.4. The summed E-state index contributed by atoms with van der Waals surface area (Å²) in [6, 6.07) is 5.12. The summed E-state index contributed by atoms with van der Waals surface area (Å²) >= 11 is 0. The van der Waals surface area contributed by atoms with Crippen molar-refractivity contribution in [2.24, 2.45) is 0 Å². The molecule has 2 aromatic rings. The van der Waals surface area contributed by atoms with Gasteiger partial charge in [0.2, 0.25) is 0 Å².